The average Bonchev–Trinajstić information content (AvgIpc) is 2.73. The average molecular weight is 209 g/mol. The van der Waals surface area contributed by atoms with Gasteiger partial charge in [0, 0.05) is 12.5 Å². The lowest BCUT2D eigenvalue weighted by Gasteiger charge is -2.06. The van der Waals surface area contributed by atoms with Crippen LogP contribution in [0.4, 0.5) is 0 Å². The number of amides is 1. The van der Waals surface area contributed by atoms with E-state index in [2.05, 4.69) is 15.6 Å². The summed E-state index contributed by atoms with van der Waals surface area (Å²) in [6, 6.07) is 0. The van der Waals surface area contributed by atoms with Crippen LogP contribution in [0.5, 0.6) is 0 Å². The summed E-state index contributed by atoms with van der Waals surface area (Å²) >= 11 is 0. The van der Waals surface area contributed by atoms with Crippen LogP contribution in [-0.4, -0.2) is 26.4 Å². The fourth-order valence-electron chi connectivity index (χ4n) is 1.35. The van der Waals surface area contributed by atoms with Gasteiger partial charge >= 0.3 is 0 Å². The molecule has 0 spiro atoms. The summed E-state index contributed by atoms with van der Waals surface area (Å²) in [7, 11) is 0. The van der Waals surface area contributed by atoms with Crippen LogP contribution in [0, 0.1) is 0 Å². The van der Waals surface area contributed by atoms with Crippen molar-refractivity contribution in [3.63, 3.8) is 0 Å². The third-order valence-corrected chi connectivity index (χ3v) is 2.47. The molecule has 1 fully saturated rings. The van der Waals surface area contributed by atoms with E-state index in [1.807, 2.05) is 6.20 Å². The molecule has 1 aliphatic rings. The van der Waals surface area contributed by atoms with Gasteiger partial charge in [-0.25, -0.2) is 0 Å². The van der Waals surface area contributed by atoms with E-state index in [0.29, 0.717) is 13.1 Å². The number of rotatable bonds is 4. The second-order valence-corrected chi connectivity index (χ2v) is 4.18. The first-order chi connectivity index (χ1) is 7.07. The number of nitrogens with zero attached hydrogens (tertiary/aromatic N) is 3. The van der Waals surface area contributed by atoms with E-state index in [-0.39, 0.29) is 11.4 Å². The summed E-state index contributed by atoms with van der Waals surface area (Å²) in [5.74, 6) is -0.0676. The maximum Gasteiger partial charge on any atom is 0.217 e. The predicted molar refractivity (Wildman–Crippen MR) is 53.7 cm³/mol. The monoisotopic (exact) mass is 209 g/mol. The smallest absolute Gasteiger partial charge is 0.217 e. The lowest BCUT2D eigenvalue weighted by atomic mass is 10.3. The molecule has 15 heavy (non-hydrogen) atoms. The number of carbonyl (C=O) groups excluding carboxylic acids is 1. The molecule has 1 amide bonds. The summed E-state index contributed by atoms with van der Waals surface area (Å²) < 4.78 is 1.74. The Kier molecular flexibility index (Phi) is 2.44. The Morgan fingerprint density at radius 3 is 3.07 bits per heavy atom. The van der Waals surface area contributed by atoms with Crippen LogP contribution in [0.1, 0.15) is 25.5 Å². The topological polar surface area (TPSA) is 85.8 Å². The van der Waals surface area contributed by atoms with Crippen LogP contribution >= 0.6 is 0 Å². The van der Waals surface area contributed by atoms with Gasteiger partial charge in [0.2, 0.25) is 5.91 Å². The Morgan fingerprint density at radius 1 is 1.73 bits per heavy atom. The molecule has 0 bridgehead atoms. The fourth-order valence-corrected chi connectivity index (χ4v) is 1.35. The normalized spacial score (nSPS) is 17.5. The Bertz CT molecular complexity index is 368. The number of aromatic nitrogens is 3. The van der Waals surface area contributed by atoms with Crippen LogP contribution in [0.2, 0.25) is 0 Å². The first-order valence-corrected chi connectivity index (χ1v) is 5.00. The molecular weight excluding hydrogens is 194 g/mol. The highest BCUT2D eigenvalue weighted by Crippen LogP contribution is 2.33. The minimum Gasteiger partial charge on any atom is -0.351 e. The molecule has 2 rings (SSSR count). The molecule has 1 saturated carbocycles. The van der Waals surface area contributed by atoms with Crippen molar-refractivity contribution in [2.75, 3.05) is 0 Å². The molecule has 0 aromatic carbocycles. The zero-order chi connectivity index (χ0) is 10.9. The van der Waals surface area contributed by atoms with E-state index in [1.54, 1.807) is 4.68 Å². The zero-order valence-corrected chi connectivity index (χ0v) is 8.73. The molecule has 82 valence electrons. The maximum absolute atomic E-state index is 10.7. The second kappa shape index (κ2) is 3.62. The Balaban J connectivity index is 1.89. The molecule has 0 unspecified atom stereocenters. The highest BCUT2D eigenvalue weighted by atomic mass is 16.1. The van der Waals surface area contributed by atoms with Crippen LogP contribution in [0.3, 0.4) is 0 Å². The highest BCUT2D eigenvalue weighted by Gasteiger charge is 2.38. The van der Waals surface area contributed by atoms with Crippen molar-refractivity contribution in [2.45, 2.75) is 38.4 Å². The second-order valence-electron chi connectivity index (χ2n) is 4.18. The Morgan fingerprint density at radius 2 is 2.47 bits per heavy atom. The van der Waals surface area contributed by atoms with E-state index in [0.717, 1.165) is 18.5 Å². The molecule has 0 radical (unpaired) electrons. The Hall–Kier alpha value is -1.43. The molecule has 6 nitrogen and oxygen atoms in total. The maximum atomic E-state index is 10.7. The van der Waals surface area contributed by atoms with Crippen molar-refractivity contribution < 1.29 is 4.79 Å². The molecular formula is C9H15N5O. The summed E-state index contributed by atoms with van der Waals surface area (Å²) in [6.07, 6.45) is 3.92. The molecule has 0 saturated heterocycles. The van der Waals surface area contributed by atoms with Gasteiger partial charge in [0.1, 0.15) is 5.69 Å². The first-order valence-electron chi connectivity index (χ1n) is 5.00. The van der Waals surface area contributed by atoms with E-state index in [4.69, 9.17) is 5.73 Å². The summed E-state index contributed by atoms with van der Waals surface area (Å²) in [4.78, 5) is 10.7. The molecule has 1 heterocycles. The van der Waals surface area contributed by atoms with Crippen molar-refractivity contribution in [2.24, 2.45) is 5.73 Å². The van der Waals surface area contributed by atoms with Gasteiger partial charge in [0.25, 0.3) is 0 Å². The van der Waals surface area contributed by atoms with E-state index >= 15 is 0 Å². The fraction of sp³-hybridized carbons (Fsp3) is 0.667. The highest BCUT2D eigenvalue weighted by molar-refractivity contribution is 5.72. The molecule has 3 N–H and O–H groups in total. The van der Waals surface area contributed by atoms with Crippen molar-refractivity contribution in [3.05, 3.63) is 11.9 Å². The third kappa shape index (κ3) is 2.76. The van der Waals surface area contributed by atoms with Gasteiger partial charge in [-0.1, -0.05) is 5.21 Å². The van der Waals surface area contributed by atoms with Crippen LogP contribution in [0.25, 0.3) is 0 Å². The van der Waals surface area contributed by atoms with Crippen LogP contribution in [0.15, 0.2) is 6.20 Å². The molecule has 0 aliphatic heterocycles. The number of carbonyl (C=O) groups is 1. The van der Waals surface area contributed by atoms with Gasteiger partial charge in [0.05, 0.1) is 19.3 Å². The molecule has 1 aromatic heterocycles. The number of hydrogen-bond acceptors (Lipinski definition) is 4. The van der Waals surface area contributed by atoms with Crippen molar-refractivity contribution >= 4 is 5.91 Å². The van der Waals surface area contributed by atoms with Gasteiger partial charge in [-0.2, -0.15) is 0 Å². The van der Waals surface area contributed by atoms with Crippen LogP contribution < -0.4 is 11.1 Å². The van der Waals surface area contributed by atoms with Crippen molar-refractivity contribution in [1.29, 1.82) is 0 Å². The van der Waals surface area contributed by atoms with Gasteiger partial charge < -0.3 is 11.1 Å². The minimum absolute atomic E-state index is 0.0676. The third-order valence-electron chi connectivity index (χ3n) is 2.47. The Labute approximate surface area is 87.8 Å². The van der Waals surface area contributed by atoms with Crippen LogP contribution in [-0.2, 0) is 17.9 Å². The van der Waals surface area contributed by atoms with Gasteiger partial charge in [-0.3, -0.25) is 9.48 Å². The number of nitrogens with one attached hydrogen (secondary N) is 1. The van der Waals surface area contributed by atoms with Gasteiger partial charge in [0.15, 0.2) is 0 Å². The molecule has 6 heteroatoms. The lowest BCUT2D eigenvalue weighted by molar-refractivity contribution is -0.119. The SMILES string of the molecule is CC(=O)NCc1cn(CC2(N)CC2)nn1. The van der Waals surface area contributed by atoms with Crippen molar-refractivity contribution in [1.82, 2.24) is 20.3 Å². The van der Waals surface area contributed by atoms with Gasteiger partial charge in [-0.15, -0.1) is 5.10 Å². The van der Waals surface area contributed by atoms with E-state index in [9.17, 15) is 4.79 Å². The van der Waals surface area contributed by atoms with E-state index in [1.165, 1.54) is 6.92 Å². The number of hydrogen-bond donors (Lipinski definition) is 2. The molecule has 0 atom stereocenters. The van der Waals surface area contributed by atoms with Gasteiger partial charge in [-0.05, 0) is 12.8 Å². The first kappa shape index (κ1) is 10.1. The zero-order valence-electron chi connectivity index (χ0n) is 8.73. The molecule has 1 aromatic rings. The van der Waals surface area contributed by atoms with E-state index < -0.39 is 0 Å². The minimum atomic E-state index is -0.0705. The largest absolute Gasteiger partial charge is 0.351 e. The summed E-state index contributed by atoms with van der Waals surface area (Å²) in [5.41, 5.74) is 6.64. The number of nitrogens with two attached hydrogens (primary N) is 1. The quantitative estimate of drug-likeness (QED) is 0.693. The summed E-state index contributed by atoms with van der Waals surface area (Å²) in [6.45, 7) is 2.61. The molecule has 1 aliphatic carbocycles. The summed E-state index contributed by atoms with van der Waals surface area (Å²) in [5, 5.41) is 10.6. The lowest BCUT2D eigenvalue weighted by Crippen LogP contribution is -2.28. The van der Waals surface area contributed by atoms with Crippen molar-refractivity contribution in [3.8, 4) is 0 Å². The predicted octanol–water partition coefficient (Wildman–Crippen LogP) is -0.595. The standard InChI is InChI=1S/C9H15N5O/c1-7(15)11-4-8-5-14(13-12-8)6-9(10)2-3-9/h5H,2-4,6,10H2,1H3,(H,11,15).